The number of benzene rings is 1. The van der Waals surface area contributed by atoms with Gasteiger partial charge in [-0.2, -0.15) is 0 Å². The van der Waals surface area contributed by atoms with Gasteiger partial charge in [0, 0.05) is 33.2 Å². The summed E-state index contributed by atoms with van der Waals surface area (Å²) in [6.07, 6.45) is 1.50. The molecule has 19 heavy (non-hydrogen) atoms. The first-order valence-electron chi connectivity index (χ1n) is 6.80. The van der Waals surface area contributed by atoms with Crippen LogP contribution in [0.3, 0.4) is 0 Å². The predicted octanol–water partition coefficient (Wildman–Crippen LogP) is 1.84. The van der Waals surface area contributed by atoms with Gasteiger partial charge >= 0.3 is 0 Å². The Bertz CT molecular complexity index is 380. The average molecular weight is 264 g/mol. The van der Waals surface area contributed by atoms with E-state index in [-0.39, 0.29) is 5.91 Å². The van der Waals surface area contributed by atoms with E-state index in [0.29, 0.717) is 19.6 Å². The Morgan fingerprint density at radius 2 is 2.05 bits per heavy atom. The molecule has 0 bridgehead atoms. The molecule has 0 spiro atoms. The maximum absolute atomic E-state index is 11.4. The van der Waals surface area contributed by atoms with Crippen molar-refractivity contribution in [2.24, 2.45) is 0 Å². The first-order chi connectivity index (χ1) is 9.26. The first-order valence-corrected chi connectivity index (χ1v) is 6.80. The van der Waals surface area contributed by atoms with Gasteiger partial charge in [0.1, 0.15) is 0 Å². The van der Waals surface area contributed by atoms with Crippen LogP contribution in [0.1, 0.15) is 30.9 Å². The van der Waals surface area contributed by atoms with Gasteiger partial charge in [-0.05, 0) is 17.5 Å². The van der Waals surface area contributed by atoms with Gasteiger partial charge in [-0.15, -0.1) is 0 Å². The molecule has 0 saturated heterocycles. The van der Waals surface area contributed by atoms with E-state index in [1.165, 1.54) is 11.1 Å². The predicted molar refractivity (Wildman–Crippen MR) is 76.8 cm³/mol. The van der Waals surface area contributed by atoms with Crippen molar-refractivity contribution < 1.29 is 9.53 Å². The number of nitrogens with one attached hydrogen (secondary N) is 2. The van der Waals surface area contributed by atoms with Crippen LogP contribution in [0.5, 0.6) is 0 Å². The molecule has 0 fully saturated rings. The van der Waals surface area contributed by atoms with Gasteiger partial charge in [-0.3, -0.25) is 4.79 Å². The normalized spacial score (nSPS) is 10.4. The summed E-state index contributed by atoms with van der Waals surface area (Å²) in [7, 11) is 1.69. The van der Waals surface area contributed by atoms with Gasteiger partial charge in [-0.25, -0.2) is 0 Å². The highest BCUT2D eigenvalue weighted by molar-refractivity contribution is 5.75. The molecular formula is C15H24N2O2. The molecule has 1 aromatic rings. The number of carbonyl (C=O) groups is 1. The Morgan fingerprint density at radius 3 is 2.79 bits per heavy atom. The molecule has 1 rings (SSSR count). The fourth-order valence-corrected chi connectivity index (χ4v) is 1.78. The van der Waals surface area contributed by atoms with Gasteiger partial charge in [0.25, 0.3) is 0 Å². The van der Waals surface area contributed by atoms with Crippen molar-refractivity contribution in [3.05, 3.63) is 35.4 Å². The van der Waals surface area contributed by atoms with Crippen LogP contribution in [-0.2, 0) is 22.7 Å². The third kappa shape index (κ3) is 6.94. The second-order valence-corrected chi connectivity index (χ2v) is 4.53. The zero-order valence-electron chi connectivity index (χ0n) is 11.9. The summed E-state index contributed by atoms with van der Waals surface area (Å²) in [4.78, 5) is 11.4. The van der Waals surface area contributed by atoms with Crippen LogP contribution in [0.15, 0.2) is 24.3 Å². The maximum Gasteiger partial charge on any atom is 0.221 e. The van der Waals surface area contributed by atoms with E-state index in [2.05, 4.69) is 22.8 Å². The Hall–Kier alpha value is -1.39. The van der Waals surface area contributed by atoms with Crippen LogP contribution in [0.25, 0.3) is 0 Å². The number of amides is 1. The first kappa shape index (κ1) is 15.7. The Labute approximate surface area is 115 Å². The number of rotatable bonds is 9. The highest BCUT2D eigenvalue weighted by Crippen LogP contribution is 2.06. The minimum absolute atomic E-state index is 0.113. The fraction of sp³-hybridized carbons (Fsp3) is 0.533. The summed E-state index contributed by atoms with van der Waals surface area (Å²) in [5, 5.41) is 6.14. The van der Waals surface area contributed by atoms with Crippen molar-refractivity contribution in [1.29, 1.82) is 0 Å². The highest BCUT2D eigenvalue weighted by Gasteiger charge is 2.00. The molecule has 4 heteroatoms. The lowest BCUT2D eigenvalue weighted by molar-refractivity contribution is -0.120. The number of ether oxygens (including phenoxy) is 1. The van der Waals surface area contributed by atoms with Crippen LogP contribution in [0.2, 0.25) is 0 Å². The molecule has 1 aromatic carbocycles. The molecule has 0 aromatic heterocycles. The molecule has 0 atom stereocenters. The molecule has 1 amide bonds. The lowest BCUT2D eigenvalue weighted by Gasteiger charge is -2.07. The molecule has 0 heterocycles. The van der Waals surface area contributed by atoms with Crippen molar-refractivity contribution >= 4 is 5.91 Å². The molecule has 0 saturated carbocycles. The van der Waals surface area contributed by atoms with Crippen LogP contribution in [-0.4, -0.2) is 26.1 Å². The van der Waals surface area contributed by atoms with Crippen LogP contribution < -0.4 is 10.6 Å². The summed E-state index contributed by atoms with van der Waals surface area (Å²) in [6, 6.07) is 8.27. The molecule has 4 nitrogen and oxygen atoms in total. The Balaban J connectivity index is 2.21. The van der Waals surface area contributed by atoms with E-state index < -0.39 is 0 Å². The number of methoxy groups -OCH3 is 1. The van der Waals surface area contributed by atoms with E-state index in [1.54, 1.807) is 7.11 Å². The monoisotopic (exact) mass is 264 g/mol. The largest absolute Gasteiger partial charge is 0.380 e. The van der Waals surface area contributed by atoms with E-state index >= 15 is 0 Å². The zero-order chi connectivity index (χ0) is 13.9. The topological polar surface area (TPSA) is 50.4 Å². The molecule has 0 aliphatic rings. The molecular weight excluding hydrogens is 240 g/mol. The smallest absolute Gasteiger partial charge is 0.221 e. The SMILES string of the molecule is CCCNC(=O)CCNCc1cccc(COC)c1. The minimum Gasteiger partial charge on any atom is -0.380 e. The summed E-state index contributed by atoms with van der Waals surface area (Å²) in [5.41, 5.74) is 2.38. The second kappa shape index (κ2) is 9.53. The maximum atomic E-state index is 11.4. The quantitative estimate of drug-likeness (QED) is 0.669. The van der Waals surface area contributed by atoms with E-state index in [0.717, 1.165) is 19.5 Å². The van der Waals surface area contributed by atoms with Crippen molar-refractivity contribution in [3.63, 3.8) is 0 Å². The van der Waals surface area contributed by atoms with Crippen LogP contribution in [0.4, 0.5) is 0 Å². The fourth-order valence-electron chi connectivity index (χ4n) is 1.78. The van der Waals surface area contributed by atoms with Gasteiger partial charge in [0.05, 0.1) is 6.61 Å². The van der Waals surface area contributed by atoms with Crippen molar-refractivity contribution in [2.45, 2.75) is 32.9 Å². The van der Waals surface area contributed by atoms with E-state index in [9.17, 15) is 4.79 Å². The number of hydrogen-bond donors (Lipinski definition) is 2. The Kier molecular flexibility index (Phi) is 7.86. The van der Waals surface area contributed by atoms with Crippen LogP contribution >= 0.6 is 0 Å². The van der Waals surface area contributed by atoms with Gasteiger partial charge < -0.3 is 15.4 Å². The summed E-state index contributed by atoms with van der Waals surface area (Å²) < 4.78 is 5.10. The number of carbonyl (C=O) groups excluding carboxylic acids is 1. The Morgan fingerprint density at radius 1 is 1.26 bits per heavy atom. The average Bonchev–Trinajstić information content (AvgIpc) is 2.42. The minimum atomic E-state index is 0.113. The molecule has 0 radical (unpaired) electrons. The summed E-state index contributed by atoms with van der Waals surface area (Å²) >= 11 is 0. The van der Waals surface area contributed by atoms with E-state index in [4.69, 9.17) is 4.74 Å². The zero-order valence-corrected chi connectivity index (χ0v) is 11.9. The lowest BCUT2D eigenvalue weighted by atomic mass is 10.1. The van der Waals surface area contributed by atoms with Gasteiger partial charge in [0.15, 0.2) is 0 Å². The molecule has 0 aliphatic carbocycles. The van der Waals surface area contributed by atoms with Crippen molar-refractivity contribution in [3.8, 4) is 0 Å². The van der Waals surface area contributed by atoms with Crippen LogP contribution in [0, 0.1) is 0 Å². The van der Waals surface area contributed by atoms with Crippen molar-refractivity contribution in [2.75, 3.05) is 20.2 Å². The highest BCUT2D eigenvalue weighted by atomic mass is 16.5. The lowest BCUT2D eigenvalue weighted by Crippen LogP contribution is -2.28. The molecule has 0 aliphatic heterocycles. The van der Waals surface area contributed by atoms with Gasteiger partial charge in [0.2, 0.25) is 5.91 Å². The molecule has 0 unspecified atom stereocenters. The third-order valence-electron chi connectivity index (χ3n) is 2.73. The van der Waals surface area contributed by atoms with Crippen molar-refractivity contribution in [1.82, 2.24) is 10.6 Å². The summed E-state index contributed by atoms with van der Waals surface area (Å²) in [5.74, 6) is 0.113. The number of hydrogen-bond acceptors (Lipinski definition) is 3. The second-order valence-electron chi connectivity index (χ2n) is 4.53. The third-order valence-corrected chi connectivity index (χ3v) is 2.73. The standard InChI is InChI=1S/C15H24N2O2/c1-3-8-17-15(18)7-9-16-11-13-5-4-6-14(10-13)12-19-2/h4-6,10,16H,3,7-9,11-12H2,1-2H3,(H,17,18). The molecule has 106 valence electrons. The van der Waals surface area contributed by atoms with E-state index in [1.807, 2.05) is 19.1 Å². The van der Waals surface area contributed by atoms with Gasteiger partial charge in [-0.1, -0.05) is 31.2 Å². The molecule has 2 N–H and O–H groups in total. The summed E-state index contributed by atoms with van der Waals surface area (Å²) in [6.45, 7) is 4.92.